The molecule has 0 bridgehead atoms. The summed E-state index contributed by atoms with van der Waals surface area (Å²) < 4.78 is 0.952. The molecule has 5 heteroatoms. The van der Waals surface area contributed by atoms with Gasteiger partial charge in [0.25, 0.3) is 0 Å². The molecule has 0 unspecified atom stereocenters. The fourth-order valence-corrected chi connectivity index (χ4v) is 2.31. The van der Waals surface area contributed by atoms with E-state index in [4.69, 9.17) is 0 Å². The van der Waals surface area contributed by atoms with Crippen molar-refractivity contribution in [2.75, 3.05) is 18.4 Å². The predicted octanol–water partition coefficient (Wildman–Crippen LogP) is 2.48. The zero-order chi connectivity index (χ0) is 13.2. The van der Waals surface area contributed by atoms with Crippen molar-refractivity contribution in [1.29, 1.82) is 0 Å². The quantitative estimate of drug-likeness (QED) is 0.882. The van der Waals surface area contributed by atoms with Crippen LogP contribution in [0.4, 0.5) is 5.82 Å². The van der Waals surface area contributed by atoms with Crippen molar-refractivity contribution in [2.24, 2.45) is 5.41 Å². The number of nitrogens with zero attached hydrogens (tertiary/aromatic N) is 1. The predicted molar refractivity (Wildman–Crippen MR) is 75.5 cm³/mol. The van der Waals surface area contributed by atoms with Crippen molar-refractivity contribution >= 4 is 27.7 Å². The Hall–Kier alpha value is -0.940. The standard InChI is InChI=1S/C13H18BrN3O/c1-9-10(14)3-4-11(16-9)17-12(18)13(2)5-7-15-8-6-13/h3-4,15H,5-8H2,1-2H3,(H,16,17,18). The molecule has 1 aromatic rings. The van der Waals surface area contributed by atoms with Crippen molar-refractivity contribution in [3.05, 3.63) is 22.3 Å². The zero-order valence-corrected chi connectivity index (χ0v) is 12.3. The van der Waals surface area contributed by atoms with E-state index in [0.717, 1.165) is 36.1 Å². The average Bonchev–Trinajstić information content (AvgIpc) is 2.35. The number of halogens is 1. The Morgan fingerprint density at radius 3 is 2.72 bits per heavy atom. The van der Waals surface area contributed by atoms with Crippen LogP contribution in [-0.4, -0.2) is 24.0 Å². The lowest BCUT2D eigenvalue weighted by Gasteiger charge is -2.32. The van der Waals surface area contributed by atoms with E-state index in [1.807, 2.05) is 26.0 Å². The van der Waals surface area contributed by atoms with E-state index in [1.165, 1.54) is 0 Å². The van der Waals surface area contributed by atoms with Crippen LogP contribution in [0.25, 0.3) is 0 Å². The van der Waals surface area contributed by atoms with Crippen molar-refractivity contribution < 1.29 is 4.79 Å². The first kappa shape index (κ1) is 13.5. The van der Waals surface area contributed by atoms with Gasteiger partial charge in [-0.2, -0.15) is 0 Å². The minimum Gasteiger partial charge on any atom is -0.317 e. The molecule has 18 heavy (non-hydrogen) atoms. The molecular formula is C13H18BrN3O. The van der Waals surface area contributed by atoms with Gasteiger partial charge in [-0.15, -0.1) is 0 Å². The summed E-state index contributed by atoms with van der Waals surface area (Å²) >= 11 is 3.40. The van der Waals surface area contributed by atoms with Gasteiger partial charge in [-0.25, -0.2) is 4.98 Å². The summed E-state index contributed by atoms with van der Waals surface area (Å²) in [5.74, 6) is 0.693. The number of pyridine rings is 1. The number of aromatic nitrogens is 1. The number of aryl methyl sites for hydroxylation is 1. The van der Waals surface area contributed by atoms with Crippen LogP contribution in [0.3, 0.4) is 0 Å². The van der Waals surface area contributed by atoms with Crippen LogP contribution in [-0.2, 0) is 4.79 Å². The number of hydrogen-bond acceptors (Lipinski definition) is 3. The minimum atomic E-state index is -0.284. The topological polar surface area (TPSA) is 54.0 Å². The first-order valence-electron chi connectivity index (χ1n) is 6.17. The third-order valence-electron chi connectivity index (χ3n) is 3.52. The van der Waals surface area contributed by atoms with Crippen LogP contribution < -0.4 is 10.6 Å². The number of hydrogen-bond donors (Lipinski definition) is 2. The molecule has 1 amide bonds. The Morgan fingerprint density at radius 2 is 2.11 bits per heavy atom. The van der Waals surface area contributed by atoms with E-state index in [1.54, 1.807) is 0 Å². The largest absolute Gasteiger partial charge is 0.317 e. The maximum absolute atomic E-state index is 12.3. The van der Waals surface area contributed by atoms with Gasteiger partial charge in [0.15, 0.2) is 0 Å². The molecule has 0 saturated carbocycles. The third kappa shape index (κ3) is 2.90. The van der Waals surface area contributed by atoms with E-state index in [0.29, 0.717) is 5.82 Å². The van der Waals surface area contributed by atoms with Crippen LogP contribution in [0.15, 0.2) is 16.6 Å². The Bertz CT molecular complexity index is 456. The van der Waals surface area contributed by atoms with Gasteiger partial charge in [-0.1, -0.05) is 6.92 Å². The Labute approximate surface area is 116 Å². The molecule has 1 aliphatic heterocycles. The van der Waals surface area contributed by atoms with Crippen LogP contribution in [0.5, 0.6) is 0 Å². The van der Waals surface area contributed by atoms with Gasteiger partial charge >= 0.3 is 0 Å². The first-order chi connectivity index (χ1) is 8.51. The van der Waals surface area contributed by atoms with Gasteiger partial charge in [0.2, 0.25) is 5.91 Å². The van der Waals surface area contributed by atoms with Crippen LogP contribution in [0.2, 0.25) is 0 Å². The van der Waals surface area contributed by atoms with Gasteiger partial charge in [-0.3, -0.25) is 4.79 Å². The van der Waals surface area contributed by atoms with Crippen LogP contribution >= 0.6 is 15.9 Å². The molecule has 1 aromatic heterocycles. The molecule has 0 spiro atoms. The molecule has 2 N–H and O–H groups in total. The van der Waals surface area contributed by atoms with Crippen molar-refractivity contribution in [3.8, 4) is 0 Å². The second-order valence-electron chi connectivity index (χ2n) is 5.03. The normalized spacial score (nSPS) is 18.4. The lowest BCUT2D eigenvalue weighted by atomic mass is 9.80. The highest BCUT2D eigenvalue weighted by atomic mass is 79.9. The number of piperidine rings is 1. The van der Waals surface area contributed by atoms with Crippen molar-refractivity contribution in [1.82, 2.24) is 10.3 Å². The summed E-state index contributed by atoms with van der Waals surface area (Å²) in [5.41, 5.74) is 0.594. The number of rotatable bonds is 2. The Balaban J connectivity index is 2.08. The van der Waals surface area contributed by atoms with E-state index >= 15 is 0 Å². The molecular weight excluding hydrogens is 294 g/mol. The first-order valence-corrected chi connectivity index (χ1v) is 6.96. The lowest BCUT2D eigenvalue weighted by molar-refractivity contribution is -0.126. The number of carbonyl (C=O) groups excluding carboxylic acids is 1. The monoisotopic (exact) mass is 311 g/mol. The Kier molecular flexibility index (Phi) is 4.02. The summed E-state index contributed by atoms with van der Waals surface area (Å²) in [6.07, 6.45) is 1.74. The van der Waals surface area contributed by atoms with Gasteiger partial charge in [0.1, 0.15) is 5.82 Å². The molecule has 98 valence electrons. The molecule has 0 atom stereocenters. The number of nitrogens with one attached hydrogen (secondary N) is 2. The minimum absolute atomic E-state index is 0.0678. The van der Waals surface area contributed by atoms with Gasteiger partial charge in [0, 0.05) is 9.89 Å². The maximum Gasteiger partial charge on any atom is 0.231 e. The molecule has 2 heterocycles. The highest BCUT2D eigenvalue weighted by molar-refractivity contribution is 9.10. The summed E-state index contributed by atoms with van der Waals surface area (Å²) in [7, 11) is 0. The van der Waals surface area contributed by atoms with Gasteiger partial charge in [0.05, 0.1) is 5.69 Å². The molecule has 4 nitrogen and oxygen atoms in total. The zero-order valence-electron chi connectivity index (χ0n) is 10.7. The smallest absolute Gasteiger partial charge is 0.231 e. The number of amides is 1. The fourth-order valence-electron chi connectivity index (χ4n) is 2.09. The molecule has 0 radical (unpaired) electrons. The van der Waals surface area contributed by atoms with Gasteiger partial charge < -0.3 is 10.6 Å². The highest BCUT2D eigenvalue weighted by Gasteiger charge is 2.34. The molecule has 1 saturated heterocycles. The van der Waals surface area contributed by atoms with Crippen molar-refractivity contribution in [2.45, 2.75) is 26.7 Å². The lowest BCUT2D eigenvalue weighted by Crippen LogP contribution is -2.43. The van der Waals surface area contributed by atoms with E-state index in [2.05, 4.69) is 31.5 Å². The van der Waals surface area contributed by atoms with Crippen molar-refractivity contribution in [3.63, 3.8) is 0 Å². The summed E-state index contributed by atoms with van der Waals surface area (Å²) in [5, 5.41) is 6.19. The highest BCUT2D eigenvalue weighted by Crippen LogP contribution is 2.29. The molecule has 1 aliphatic rings. The van der Waals surface area contributed by atoms with Gasteiger partial charge in [-0.05, 0) is 60.9 Å². The average molecular weight is 312 g/mol. The molecule has 1 fully saturated rings. The molecule has 0 aliphatic carbocycles. The molecule has 0 aromatic carbocycles. The second kappa shape index (κ2) is 5.36. The Morgan fingerprint density at radius 1 is 1.44 bits per heavy atom. The fraction of sp³-hybridized carbons (Fsp3) is 0.538. The second-order valence-corrected chi connectivity index (χ2v) is 5.88. The van der Waals surface area contributed by atoms with E-state index < -0.39 is 0 Å². The maximum atomic E-state index is 12.3. The SMILES string of the molecule is Cc1nc(NC(=O)C2(C)CCNCC2)ccc1Br. The summed E-state index contributed by atoms with van der Waals surface area (Å²) in [6.45, 7) is 5.73. The third-order valence-corrected chi connectivity index (χ3v) is 4.36. The molecule has 2 rings (SSSR count). The summed E-state index contributed by atoms with van der Waals surface area (Å²) in [6, 6.07) is 3.72. The van der Waals surface area contributed by atoms with Crippen LogP contribution in [0.1, 0.15) is 25.5 Å². The number of carbonyl (C=O) groups is 1. The summed E-state index contributed by atoms with van der Waals surface area (Å²) in [4.78, 5) is 16.6. The number of anilines is 1. The van der Waals surface area contributed by atoms with Crippen LogP contribution in [0, 0.1) is 12.3 Å². The van der Waals surface area contributed by atoms with E-state index in [-0.39, 0.29) is 11.3 Å². The van der Waals surface area contributed by atoms with E-state index in [9.17, 15) is 4.79 Å².